The van der Waals surface area contributed by atoms with Crippen LogP contribution in [0.2, 0.25) is 0 Å². The zero-order valence-corrected chi connectivity index (χ0v) is 14.9. The second-order valence-electron chi connectivity index (χ2n) is 6.35. The Bertz CT molecular complexity index is 900. The zero-order valence-electron chi connectivity index (χ0n) is 14.1. The molecule has 0 radical (unpaired) electrons. The third kappa shape index (κ3) is 4.09. The molecule has 138 valence electrons. The second kappa shape index (κ2) is 7.53. The van der Waals surface area contributed by atoms with Crippen molar-refractivity contribution < 1.29 is 22.0 Å². The third-order valence-corrected chi connectivity index (χ3v) is 6.75. The van der Waals surface area contributed by atoms with Gasteiger partial charge in [-0.15, -0.1) is 0 Å². The molecule has 1 heterocycles. The molecule has 2 aromatic carbocycles. The topological polar surface area (TPSA) is 54.5 Å². The van der Waals surface area contributed by atoms with Crippen molar-refractivity contribution in [3.8, 4) is 0 Å². The molecule has 1 aliphatic rings. The molecule has 2 aromatic rings. The van der Waals surface area contributed by atoms with E-state index >= 15 is 0 Å². The van der Waals surface area contributed by atoms with Gasteiger partial charge in [0.1, 0.15) is 11.6 Å². The van der Waals surface area contributed by atoms with E-state index in [-0.39, 0.29) is 36.7 Å². The third-order valence-electron chi connectivity index (χ3n) is 4.62. The Morgan fingerprint density at radius 3 is 2.50 bits per heavy atom. The molecule has 1 fully saturated rings. The van der Waals surface area contributed by atoms with Crippen LogP contribution in [-0.2, 0) is 21.1 Å². The minimum atomic E-state index is -3.38. The molecule has 1 saturated heterocycles. The van der Waals surface area contributed by atoms with Crippen LogP contribution in [0.25, 0.3) is 0 Å². The normalized spacial score (nSPS) is 19.8. The van der Waals surface area contributed by atoms with Gasteiger partial charge in [0.15, 0.2) is 9.84 Å². The van der Waals surface area contributed by atoms with Gasteiger partial charge in [0, 0.05) is 19.2 Å². The van der Waals surface area contributed by atoms with Crippen LogP contribution in [0, 0.1) is 11.6 Å². The standard InChI is InChI=1S/C19H19F2NO3S/c20-16-7-6-15(17(21)13-16)12-19(23)22-9-8-18(26(24,25)11-10-22)14-4-2-1-3-5-14/h1-7,13,18H,8-12H2/t18-/m1/s1. The summed E-state index contributed by atoms with van der Waals surface area (Å²) in [5, 5.41) is -0.649. The molecular formula is C19H19F2NO3S. The molecule has 1 amide bonds. The summed E-state index contributed by atoms with van der Waals surface area (Å²) in [6.07, 6.45) is 0.0755. The van der Waals surface area contributed by atoms with Gasteiger partial charge in [-0.2, -0.15) is 0 Å². The number of sulfone groups is 1. The molecule has 0 unspecified atom stereocenters. The summed E-state index contributed by atoms with van der Waals surface area (Å²) in [5.74, 6) is -1.97. The summed E-state index contributed by atoms with van der Waals surface area (Å²) >= 11 is 0. The fraction of sp³-hybridized carbons (Fsp3) is 0.316. The smallest absolute Gasteiger partial charge is 0.227 e. The summed E-state index contributed by atoms with van der Waals surface area (Å²) in [6.45, 7) is 0.355. The first-order chi connectivity index (χ1) is 12.4. The van der Waals surface area contributed by atoms with Gasteiger partial charge in [0.05, 0.1) is 17.4 Å². The van der Waals surface area contributed by atoms with Crippen LogP contribution >= 0.6 is 0 Å². The largest absolute Gasteiger partial charge is 0.341 e. The molecule has 0 saturated carbocycles. The summed E-state index contributed by atoms with van der Waals surface area (Å²) in [7, 11) is -3.38. The number of amides is 1. The van der Waals surface area contributed by atoms with E-state index < -0.39 is 26.7 Å². The van der Waals surface area contributed by atoms with Crippen molar-refractivity contribution in [2.75, 3.05) is 18.8 Å². The molecule has 3 rings (SSSR count). The maximum atomic E-state index is 13.8. The van der Waals surface area contributed by atoms with Crippen molar-refractivity contribution in [2.45, 2.75) is 18.1 Å². The number of hydrogen-bond donors (Lipinski definition) is 0. The first-order valence-electron chi connectivity index (χ1n) is 8.35. The summed E-state index contributed by atoms with van der Waals surface area (Å²) in [5.41, 5.74) is 0.814. The number of halogens is 2. The molecule has 0 aromatic heterocycles. The monoisotopic (exact) mass is 379 g/mol. The van der Waals surface area contributed by atoms with Crippen LogP contribution in [0.4, 0.5) is 8.78 Å². The number of carbonyl (C=O) groups excluding carboxylic acids is 1. The Kier molecular flexibility index (Phi) is 5.36. The Balaban J connectivity index is 1.74. The van der Waals surface area contributed by atoms with Crippen molar-refractivity contribution in [1.82, 2.24) is 4.90 Å². The number of benzene rings is 2. The van der Waals surface area contributed by atoms with Gasteiger partial charge in [0.2, 0.25) is 5.91 Å². The predicted molar refractivity (Wildman–Crippen MR) is 94.2 cm³/mol. The number of rotatable bonds is 3. The Hall–Kier alpha value is -2.28. The second-order valence-corrected chi connectivity index (χ2v) is 8.65. The lowest BCUT2D eigenvalue weighted by Gasteiger charge is -2.20. The lowest BCUT2D eigenvalue weighted by Crippen LogP contribution is -2.34. The summed E-state index contributed by atoms with van der Waals surface area (Å²) in [6, 6.07) is 12.0. The van der Waals surface area contributed by atoms with Crippen LogP contribution in [-0.4, -0.2) is 38.1 Å². The first kappa shape index (κ1) is 18.5. The first-order valence-corrected chi connectivity index (χ1v) is 10.1. The van der Waals surface area contributed by atoms with E-state index in [1.165, 1.54) is 11.0 Å². The summed E-state index contributed by atoms with van der Waals surface area (Å²) in [4.78, 5) is 13.9. The predicted octanol–water partition coefficient (Wildman–Crippen LogP) is 2.90. The van der Waals surface area contributed by atoms with E-state index in [1.54, 1.807) is 24.3 Å². The SMILES string of the molecule is O=C(Cc1ccc(F)cc1F)N1CC[C@H](c2ccccc2)S(=O)(=O)CC1. The van der Waals surface area contributed by atoms with Crippen LogP contribution in [0.1, 0.15) is 22.8 Å². The molecule has 0 bridgehead atoms. The number of hydrogen-bond acceptors (Lipinski definition) is 3. The minimum absolute atomic E-state index is 0.0767. The highest BCUT2D eigenvalue weighted by Gasteiger charge is 2.32. The van der Waals surface area contributed by atoms with E-state index in [1.807, 2.05) is 6.07 Å². The Morgan fingerprint density at radius 1 is 1.08 bits per heavy atom. The van der Waals surface area contributed by atoms with Gasteiger partial charge in [0.25, 0.3) is 0 Å². The lowest BCUT2D eigenvalue weighted by molar-refractivity contribution is -0.130. The molecule has 0 aliphatic carbocycles. The van der Waals surface area contributed by atoms with Crippen molar-refractivity contribution in [2.24, 2.45) is 0 Å². The van der Waals surface area contributed by atoms with Gasteiger partial charge < -0.3 is 4.90 Å². The highest BCUT2D eigenvalue weighted by molar-refractivity contribution is 7.91. The molecule has 1 atom stereocenters. The van der Waals surface area contributed by atoms with Gasteiger partial charge in [-0.3, -0.25) is 4.79 Å². The lowest BCUT2D eigenvalue weighted by atomic mass is 10.1. The van der Waals surface area contributed by atoms with E-state index in [0.717, 1.165) is 12.1 Å². The van der Waals surface area contributed by atoms with E-state index in [0.29, 0.717) is 12.0 Å². The average Bonchev–Trinajstić information content (AvgIpc) is 2.76. The van der Waals surface area contributed by atoms with Crippen molar-refractivity contribution >= 4 is 15.7 Å². The van der Waals surface area contributed by atoms with E-state index in [2.05, 4.69) is 0 Å². The maximum absolute atomic E-state index is 13.8. The minimum Gasteiger partial charge on any atom is -0.341 e. The zero-order chi connectivity index (χ0) is 18.7. The van der Waals surface area contributed by atoms with Crippen molar-refractivity contribution in [3.63, 3.8) is 0 Å². The van der Waals surface area contributed by atoms with Crippen LogP contribution in [0.3, 0.4) is 0 Å². The molecule has 1 aliphatic heterocycles. The fourth-order valence-corrected chi connectivity index (χ4v) is 4.97. The van der Waals surface area contributed by atoms with Crippen molar-refractivity contribution in [3.05, 3.63) is 71.3 Å². The van der Waals surface area contributed by atoms with Gasteiger partial charge in [-0.1, -0.05) is 36.4 Å². The average molecular weight is 379 g/mol. The molecule has 0 N–H and O–H groups in total. The Morgan fingerprint density at radius 2 is 1.81 bits per heavy atom. The maximum Gasteiger partial charge on any atom is 0.227 e. The number of carbonyl (C=O) groups is 1. The van der Waals surface area contributed by atoms with E-state index in [4.69, 9.17) is 0 Å². The van der Waals surface area contributed by atoms with E-state index in [9.17, 15) is 22.0 Å². The van der Waals surface area contributed by atoms with Gasteiger partial charge in [-0.25, -0.2) is 17.2 Å². The molecule has 0 spiro atoms. The van der Waals surface area contributed by atoms with Gasteiger partial charge in [-0.05, 0) is 23.6 Å². The van der Waals surface area contributed by atoms with Crippen LogP contribution < -0.4 is 0 Å². The van der Waals surface area contributed by atoms with Crippen LogP contribution in [0.5, 0.6) is 0 Å². The Labute approximate surface area is 151 Å². The highest BCUT2D eigenvalue weighted by atomic mass is 32.2. The highest BCUT2D eigenvalue weighted by Crippen LogP contribution is 2.29. The van der Waals surface area contributed by atoms with Crippen molar-refractivity contribution in [1.29, 1.82) is 0 Å². The quantitative estimate of drug-likeness (QED) is 0.824. The summed E-state index contributed by atoms with van der Waals surface area (Å²) < 4.78 is 51.9. The molecule has 7 heteroatoms. The van der Waals surface area contributed by atoms with Crippen LogP contribution in [0.15, 0.2) is 48.5 Å². The number of nitrogens with zero attached hydrogens (tertiary/aromatic N) is 1. The molecular weight excluding hydrogens is 360 g/mol. The molecule has 4 nitrogen and oxygen atoms in total. The fourth-order valence-electron chi connectivity index (χ4n) is 3.18. The molecule has 26 heavy (non-hydrogen) atoms. The van der Waals surface area contributed by atoms with Gasteiger partial charge >= 0.3 is 0 Å².